The lowest BCUT2D eigenvalue weighted by atomic mass is 10.1. The van der Waals surface area contributed by atoms with Crippen LogP contribution in [0.4, 0.5) is 0 Å². The van der Waals surface area contributed by atoms with Gasteiger partial charge in [-0.05, 0) is 56.6 Å². The predicted molar refractivity (Wildman–Crippen MR) is 101 cm³/mol. The molecule has 0 amide bonds. The molecule has 0 aromatic heterocycles. The van der Waals surface area contributed by atoms with Crippen molar-refractivity contribution in [3.63, 3.8) is 0 Å². The monoisotopic (exact) mass is 392 g/mol. The average molecular weight is 393 g/mol. The van der Waals surface area contributed by atoms with Gasteiger partial charge in [0.1, 0.15) is 12.4 Å². The number of halogens is 1. The van der Waals surface area contributed by atoms with Gasteiger partial charge in [-0.1, -0.05) is 6.92 Å². The summed E-state index contributed by atoms with van der Waals surface area (Å²) in [5.41, 5.74) is 0. The maximum absolute atomic E-state index is 13.0. The Morgan fingerprint density at radius 3 is 2.36 bits per heavy atom. The van der Waals surface area contributed by atoms with E-state index in [-0.39, 0.29) is 18.4 Å². The number of nitrogens with one attached hydrogen (secondary N) is 1. The molecule has 1 aliphatic heterocycles. The second kappa shape index (κ2) is 11.0. The molecular weight excluding hydrogens is 364 g/mol. The van der Waals surface area contributed by atoms with E-state index in [0.29, 0.717) is 30.4 Å². The first-order valence-corrected chi connectivity index (χ1v) is 9.98. The fraction of sp³-hybridized carbons (Fsp3) is 0.647. The highest BCUT2D eigenvalue weighted by Gasteiger charge is 2.31. The number of ether oxygens (including phenoxy) is 2. The Kier molecular flexibility index (Phi) is 9.74. The molecule has 2 rings (SSSR count). The van der Waals surface area contributed by atoms with E-state index >= 15 is 0 Å². The van der Waals surface area contributed by atoms with Crippen molar-refractivity contribution in [3.8, 4) is 5.75 Å². The standard InChI is InChI=1S/C17H28N2O4S.ClH/c1-3-12-19(15-8-10-18-11-9-15)24(20,21)17-6-4-16(5-7-17)23-14-13-22-2;/h4-7,15,18H,3,8-14H2,1-2H3;1H. The SMILES string of the molecule is CCCN(C1CCNCC1)S(=O)(=O)c1ccc(OCCOC)cc1.Cl. The molecule has 0 atom stereocenters. The second-order valence-corrected chi connectivity index (χ2v) is 7.80. The van der Waals surface area contributed by atoms with Crippen LogP contribution in [0.3, 0.4) is 0 Å². The molecule has 6 nitrogen and oxygen atoms in total. The lowest BCUT2D eigenvalue weighted by Crippen LogP contribution is -2.46. The summed E-state index contributed by atoms with van der Waals surface area (Å²) in [6.45, 7) is 5.24. The van der Waals surface area contributed by atoms with Crippen LogP contribution in [0, 0.1) is 0 Å². The van der Waals surface area contributed by atoms with Crippen molar-refractivity contribution in [2.45, 2.75) is 37.1 Å². The maximum Gasteiger partial charge on any atom is 0.243 e. The number of hydrogen-bond acceptors (Lipinski definition) is 5. The third-order valence-corrected chi connectivity index (χ3v) is 6.11. The molecule has 1 aliphatic rings. The Balaban J connectivity index is 0.00000312. The van der Waals surface area contributed by atoms with E-state index in [1.54, 1.807) is 35.7 Å². The molecule has 25 heavy (non-hydrogen) atoms. The number of nitrogens with zero attached hydrogens (tertiary/aromatic N) is 1. The number of benzene rings is 1. The van der Waals surface area contributed by atoms with Gasteiger partial charge in [0.05, 0.1) is 11.5 Å². The fourth-order valence-corrected chi connectivity index (χ4v) is 4.68. The van der Waals surface area contributed by atoms with Crippen molar-refractivity contribution in [1.82, 2.24) is 9.62 Å². The van der Waals surface area contributed by atoms with Crippen molar-refractivity contribution in [3.05, 3.63) is 24.3 Å². The van der Waals surface area contributed by atoms with E-state index < -0.39 is 10.0 Å². The molecule has 0 aliphatic carbocycles. The maximum atomic E-state index is 13.0. The Labute approximate surface area is 157 Å². The molecule has 1 N–H and O–H groups in total. The molecular formula is C17H29ClN2O4S. The van der Waals surface area contributed by atoms with Crippen molar-refractivity contribution in [2.24, 2.45) is 0 Å². The van der Waals surface area contributed by atoms with Gasteiger partial charge in [-0.25, -0.2) is 8.42 Å². The third kappa shape index (κ3) is 6.11. The highest BCUT2D eigenvalue weighted by molar-refractivity contribution is 7.89. The Hall–Kier alpha value is -0.860. The predicted octanol–water partition coefficient (Wildman–Crippen LogP) is 2.29. The van der Waals surface area contributed by atoms with Gasteiger partial charge in [0.15, 0.2) is 0 Å². The molecule has 0 bridgehead atoms. The number of rotatable bonds is 9. The van der Waals surface area contributed by atoms with Crippen LogP contribution in [0.2, 0.25) is 0 Å². The van der Waals surface area contributed by atoms with Gasteiger partial charge in [-0.15, -0.1) is 12.4 Å². The summed E-state index contributed by atoms with van der Waals surface area (Å²) in [7, 11) is -1.87. The minimum absolute atomic E-state index is 0. The molecule has 0 spiro atoms. The van der Waals surface area contributed by atoms with Crippen LogP contribution in [0.1, 0.15) is 26.2 Å². The highest BCUT2D eigenvalue weighted by atomic mass is 35.5. The van der Waals surface area contributed by atoms with E-state index in [1.807, 2.05) is 6.92 Å². The van der Waals surface area contributed by atoms with E-state index in [4.69, 9.17) is 9.47 Å². The molecule has 1 heterocycles. The molecule has 0 unspecified atom stereocenters. The lowest BCUT2D eigenvalue weighted by molar-refractivity contribution is 0.146. The average Bonchev–Trinajstić information content (AvgIpc) is 2.61. The van der Waals surface area contributed by atoms with Crippen LogP contribution in [0.15, 0.2) is 29.2 Å². The summed E-state index contributed by atoms with van der Waals surface area (Å²) in [4.78, 5) is 0.327. The van der Waals surface area contributed by atoms with E-state index in [9.17, 15) is 8.42 Å². The zero-order valence-electron chi connectivity index (χ0n) is 14.9. The van der Waals surface area contributed by atoms with E-state index in [2.05, 4.69) is 5.32 Å². The zero-order valence-corrected chi connectivity index (χ0v) is 16.6. The van der Waals surface area contributed by atoms with Gasteiger partial charge in [0.2, 0.25) is 10.0 Å². The van der Waals surface area contributed by atoms with Gasteiger partial charge < -0.3 is 14.8 Å². The first-order chi connectivity index (χ1) is 11.6. The number of hydrogen-bond donors (Lipinski definition) is 1. The van der Waals surface area contributed by atoms with Crippen LogP contribution >= 0.6 is 12.4 Å². The Morgan fingerprint density at radius 1 is 1.16 bits per heavy atom. The Bertz CT molecular complexity index is 589. The smallest absolute Gasteiger partial charge is 0.243 e. The molecule has 8 heteroatoms. The van der Waals surface area contributed by atoms with Crippen LogP contribution < -0.4 is 10.1 Å². The first kappa shape index (κ1) is 22.2. The summed E-state index contributed by atoms with van der Waals surface area (Å²) in [6.07, 6.45) is 2.52. The van der Waals surface area contributed by atoms with Crippen molar-refractivity contribution < 1.29 is 17.9 Å². The second-order valence-electron chi connectivity index (χ2n) is 5.91. The number of methoxy groups -OCH3 is 1. The summed E-state index contributed by atoms with van der Waals surface area (Å²) in [5.74, 6) is 0.648. The van der Waals surface area contributed by atoms with E-state index in [1.165, 1.54) is 0 Å². The first-order valence-electron chi connectivity index (χ1n) is 8.54. The van der Waals surface area contributed by atoms with Crippen LogP contribution in [-0.2, 0) is 14.8 Å². The quantitative estimate of drug-likeness (QED) is 0.653. The molecule has 1 aromatic carbocycles. The normalized spacial score (nSPS) is 15.8. The molecule has 144 valence electrons. The minimum Gasteiger partial charge on any atom is -0.491 e. The van der Waals surface area contributed by atoms with Gasteiger partial charge in [-0.3, -0.25) is 0 Å². The van der Waals surface area contributed by atoms with Crippen LogP contribution in [0.5, 0.6) is 5.75 Å². The van der Waals surface area contributed by atoms with Crippen molar-refractivity contribution >= 4 is 22.4 Å². The van der Waals surface area contributed by atoms with Gasteiger partial charge in [0, 0.05) is 19.7 Å². The number of sulfonamides is 1. The molecule has 0 saturated carbocycles. The fourth-order valence-electron chi connectivity index (χ4n) is 2.90. The highest BCUT2D eigenvalue weighted by Crippen LogP contribution is 2.24. The topological polar surface area (TPSA) is 67.9 Å². The van der Waals surface area contributed by atoms with Gasteiger partial charge in [0.25, 0.3) is 0 Å². The zero-order chi connectivity index (χ0) is 17.4. The third-order valence-electron chi connectivity index (χ3n) is 4.15. The van der Waals surface area contributed by atoms with Gasteiger partial charge in [-0.2, -0.15) is 4.31 Å². The molecule has 0 radical (unpaired) electrons. The van der Waals surface area contributed by atoms with Crippen molar-refractivity contribution in [2.75, 3.05) is 40.0 Å². The van der Waals surface area contributed by atoms with Crippen LogP contribution in [-0.4, -0.2) is 58.7 Å². The lowest BCUT2D eigenvalue weighted by Gasteiger charge is -2.33. The Morgan fingerprint density at radius 2 is 1.80 bits per heavy atom. The largest absolute Gasteiger partial charge is 0.491 e. The van der Waals surface area contributed by atoms with Gasteiger partial charge >= 0.3 is 0 Å². The summed E-state index contributed by atoms with van der Waals surface area (Å²) < 4.78 is 38.2. The molecule has 1 aromatic rings. The van der Waals surface area contributed by atoms with Crippen molar-refractivity contribution in [1.29, 1.82) is 0 Å². The minimum atomic E-state index is -3.48. The molecule has 1 fully saturated rings. The van der Waals surface area contributed by atoms with Crippen LogP contribution in [0.25, 0.3) is 0 Å². The molecule has 1 saturated heterocycles. The summed E-state index contributed by atoms with van der Waals surface area (Å²) in [5, 5.41) is 3.29. The van der Waals surface area contributed by atoms with E-state index in [0.717, 1.165) is 32.4 Å². The summed E-state index contributed by atoms with van der Waals surface area (Å²) >= 11 is 0. The number of piperidine rings is 1. The summed E-state index contributed by atoms with van der Waals surface area (Å²) in [6, 6.07) is 6.74.